The molecule has 1 aliphatic carbocycles. The Bertz CT molecular complexity index is 640. The summed E-state index contributed by atoms with van der Waals surface area (Å²) in [5.74, 6) is 1.89. The van der Waals surface area contributed by atoms with E-state index in [0.29, 0.717) is 35.7 Å². The number of imidazole rings is 1. The van der Waals surface area contributed by atoms with Gasteiger partial charge in [-0.05, 0) is 25.7 Å². The Labute approximate surface area is 108 Å². The first-order chi connectivity index (χ1) is 9.31. The lowest BCUT2D eigenvalue weighted by Crippen LogP contribution is -2.23. The minimum atomic E-state index is -0.138. The lowest BCUT2D eigenvalue weighted by atomic mass is 10.2. The summed E-state index contributed by atoms with van der Waals surface area (Å²) in [6.45, 7) is 0.687. The van der Waals surface area contributed by atoms with E-state index in [1.807, 2.05) is 0 Å². The third kappa shape index (κ3) is 1.81. The van der Waals surface area contributed by atoms with E-state index in [4.69, 9.17) is 4.52 Å². The third-order valence-electron chi connectivity index (χ3n) is 3.46. The molecule has 2 aromatic heterocycles. The molecule has 0 radical (unpaired) electrons. The van der Waals surface area contributed by atoms with Crippen LogP contribution in [0, 0.1) is 0 Å². The van der Waals surface area contributed by atoms with Crippen LogP contribution in [-0.4, -0.2) is 32.6 Å². The molecule has 0 aromatic carbocycles. The average molecular weight is 259 g/mol. The van der Waals surface area contributed by atoms with Crippen LogP contribution in [-0.2, 0) is 6.42 Å². The van der Waals surface area contributed by atoms with E-state index in [-0.39, 0.29) is 5.91 Å². The van der Waals surface area contributed by atoms with Crippen LogP contribution >= 0.6 is 0 Å². The van der Waals surface area contributed by atoms with Crippen molar-refractivity contribution in [1.29, 1.82) is 0 Å². The Hall–Kier alpha value is -2.18. The van der Waals surface area contributed by atoms with Gasteiger partial charge in [-0.1, -0.05) is 5.16 Å². The monoisotopic (exact) mass is 259 g/mol. The van der Waals surface area contributed by atoms with Crippen molar-refractivity contribution in [1.82, 2.24) is 25.4 Å². The topological polar surface area (TPSA) is 96.7 Å². The Balaban J connectivity index is 1.71. The molecule has 0 saturated heterocycles. The number of aromatic amines is 1. The van der Waals surface area contributed by atoms with Gasteiger partial charge in [-0.15, -0.1) is 0 Å². The van der Waals surface area contributed by atoms with E-state index in [2.05, 4.69) is 25.4 Å². The summed E-state index contributed by atoms with van der Waals surface area (Å²) in [5.41, 5.74) is 1.30. The molecule has 2 aromatic rings. The highest BCUT2D eigenvalue weighted by Crippen LogP contribution is 2.39. The van der Waals surface area contributed by atoms with Crippen molar-refractivity contribution in [2.24, 2.45) is 0 Å². The van der Waals surface area contributed by atoms with Crippen LogP contribution in [0.2, 0.25) is 0 Å². The molecule has 0 atom stereocenters. The second-order valence-corrected chi connectivity index (χ2v) is 5.00. The zero-order chi connectivity index (χ0) is 12.8. The van der Waals surface area contributed by atoms with Crippen LogP contribution in [0.4, 0.5) is 0 Å². The summed E-state index contributed by atoms with van der Waals surface area (Å²) in [4.78, 5) is 23.6. The first kappa shape index (κ1) is 10.7. The molecule has 7 nitrogen and oxygen atoms in total. The highest BCUT2D eigenvalue weighted by Gasteiger charge is 2.30. The number of fused-ring (bicyclic) bond motifs is 1. The summed E-state index contributed by atoms with van der Waals surface area (Å²) in [7, 11) is 0. The number of hydrogen-bond acceptors (Lipinski definition) is 5. The fourth-order valence-electron chi connectivity index (χ4n) is 2.26. The van der Waals surface area contributed by atoms with Gasteiger partial charge in [0, 0.05) is 18.2 Å². The van der Waals surface area contributed by atoms with Gasteiger partial charge in [-0.3, -0.25) is 4.79 Å². The molecule has 0 bridgehead atoms. The molecule has 19 heavy (non-hydrogen) atoms. The van der Waals surface area contributed by atoms with Crippen molar-refractivity contribution in [3.05, 3.63) is 17.3 Å². The van der Waals surface area contributed by atoms with Gasteiger partial charge in [0.25, 0.3) is 5.91 Å². The summed E-state index contributed by atoms with van der Waals surface area (Å²) in [6, 6.07) is 0. The predicted octanol–water partition coefficient (Wildman–Crippen LogP) is 1.01. The molecule has 7 heteroatoms. The van der Waals surface area contributed by atoms with Crippen LogP contribution in [0.5, 0.6) is 0 Å². The maximum Gasteiger partial charge on any atom is 0.271 e. The van der Waals surface area contributed by atoms with Gasteiger partial charge in [-0.2, -0.15) is 4.98 Å². The number of H-pyrrole nitrogens is 1. The highest BCUT2D eigenvalue weighted by molar-refractivity contribution is 5.94. The van der Waals surface area contributed by atoms with E-state index in [0.717, 1.165) is 31.4 Å². The van der Waals surface area contributed by atoms with E-state index in [9.17, 15) is 4.79 Å². The summed E-state index contributed by atoms with van der Waals surface area (Å²) in [5, 5.41) is 6.74. The highest BCUT2D eigenvalue weighted by atomic mass is 16.5. The molecule has 2 N–H and O–H groups in total. The summed E-state index contributed by atoms with van der Waals surface area (Å²) >= 11 is 0. The molecule has 1 saturated carbocycles. The number of aryl methyl sites for hydroxylation is 1. The van der Waals surface area contributed by atoms with Gasteiger partial charge in [0.05, 0.1) is 0 Å². The third-order valence-corrected chi connectivity index (χ3v) is 3.46. The van der Waals surface area contributed by atoms with Crippen molar-refractivity contribution in [3.63, 3.8) is 0 Å². The first-order valence-corrected chi connectivity index (χ1v) is 6.52. The van der Waals surface area contributed by atoms with Crippen molar-refractivity contribution in [2.75, 3.05) is 6.54 Å². The number of hydrogen-bond donors (Lipinski definition) is 2. The van der Waals surface area contributed by atoms with E-state index in [1.54, 1.807) is 0 Å². The van der Waals surface area contributed by atoms with Gasteiger partial charge in [-0.25, -0.2) is 4.98 Å². The molecule has 1 aliphatic heterocycles. The van der Waals surface area contributed by atoms with Gasteiger partial charge in [0.15, 0.2) is 5.82 Å². The minimum Gasteiger partial charge on any atom is -0.351 e. The number of nitrogens with one attached hydrogen (secondary N) is 2. The Morgan fingerprint density at radius 2 is 2.16 bits per heavy atom. The maximum atomic E-state index is 11.8. The zero-order valence-corrected chi connectivity index (χ0v) is 10.3. The number of carbonyl (C=O) groups excluding carboxylic acids is 1. The van der Waals surface area contributed by atoms with Crippen molar-refractivity contribution >= 4 is 5.91 Å². The Morgan fingerprint density at radius 3 is 3.00 bits per heavy atom. The molecule has 4 rings (SSSR count). The average Bonchev–Trinajstić information content (AvgIpc) is 3.03. The second kappa shape index (κ2) is 3.91. The lowest BCUT2D eigenvalue weighted by molar-refractivity contribution is 0.0951. The number of carbonyl (C=O) groups is 1. The zero-order valence-electron chi connectivity index (χ0n) is 10.3. The second-order valence-electron chi connectivity index (χ2n) is 5.00. The van der Waals surface area contributed by atoms with Crippen LogP contribution in [0.15, 0.2) is 4.52 Å². The number of amides is 1. The van der Waals surface area contributed by atoms with Crippen LogP contribution in [0.1, 0.15) is 47.3 Å². The smallest absolute Gasteiger partial charge is 0.271 e. The summed E-state index contributed by atoms with van der Waals surface area (Å²) in [6.07, 6.45) is 3.92. The molecule has 0 spiro atoms. The lowest BCUT2D eigenvalue weighted by Gasteiger charge is -1.95. The molecular weight excluding hydrogens is 246 g/mol. The largest absolute Gasteiger partial charge is 0.351 e. The normalized spacial score (nSPS) is 18.8. The molecule has 0 unspecified atom stereocenters. The quantitative estimate of drug-likeness (QED) is 0.839. The van der Waals surface area contributed by atoms with E-state index >= 15 is 0 Å². The number of nitrogens with zero attached hydrogens (tertiary/aromatic N) is 3. The Kier molecular flexibility index (Phi) is 2.20. The molecule has 1 amide bonds. The molecule has 98 valence electrons. The maximum absolute atomic E-state index is 11.8. The minimum absolute atomic E-state index is 0.138. The van der Waals surface area contributed by atoms with E-state index in [1.165, 1.54) is 0 Å². The van der Waals surface area contributed by atoms with E-state index < -0.39 is 0 Å². The number of rotatable bonds is 2. The molecule has 2 aliphatic rings. The SMILES string of the molecule is O=C1NCCCc2[nH]c(-c3noc(C4CC4)n3)nc21. The summed E-state index contributed by atoms with van der Waals surface area (Å²) < 4.78 is 5.20. The molecule has 3 heterocycles. The fraction of sp³-hybridized carbons (Fsp3) is 0.500. The van der Waals surface area contributed by atoms with Gasteiger partial charge >= 0.3 is 0 Å². The standard InChI is InChI=1S/C12H13N5O2/c18-11-8-7(2-1-5-13-11)14-9(15-8)10-16-12(19-17-10)6-3-4-6/h6H,1-5H2,(H,13,18)(H,14,15). The van der Waals surface area contributed by atoms with Crippen molar-refractivity contribution in [2.45, 2.75) is 31.6 Å². The first-order valence-electron chi connectivity index (χ1n) is 6.52. The predicted molar refractivity (Wildman–Crippen MR) is 64.5 cm³/mol. The Morgan fingerprint density at radius 1 is 1.26 bits per heavy atom. The van der Waals surface area contributed by atoms with Gasteiger partial charge in [0.1, 0.15) is 5.69 Å². The fourth-order valence-corrected chi connectivity index (χ4v) is 2.26. The van der Waals surface area contributed by atoms with Crippen LogP contribution in [0.25, 0.3) is 11.6 Å². The van der Waals surface area contributed by atoms with Gasteiger partial charge < -0.3 is 14.8 Å². The van der Waals surface area contributed by atoms with Crippen LogP contribution < -0.4 is 5.32 Å². The van der Waals surface area contributed by atoms with Crippen LogP contribution in [0.3, 0.4) is 0 Å². The number of aromatic nitrogens is 4. The molecule has 1 fully saturated rings. The van der Waals surface area contributed by atoms with Crippen molar-refractivity contribution in [3.8, 4) is 11.6 Å². The van der Waals surface area contributed by atoms with Crippen molar-refractivity contribution < 1.29 is 9.32 Å². The van der Waals surface area contributed by atoms with Gasteiger partial charge in [0.2, 0.25) is 11.7 Å². The molecular formula is C12H13N5O2.